The van der Waals surface area contributed by atoms with Crippen molar-refractivity contribution in [2.75, 3.05) is 19.1 Å². The minimum absolute atomic E-state index is 0.00789. The molecule has 1 aromatic rings. The van der Waals surface area contributed by atoms with Gasteiger partial charge in [0.2, 0.25) is 0 Å². The van der Waals surface area contributed by atoms with Crippen LogP contribution in [0.1, 0.15) is 12.5 Å². The molecule has 0 radical (unpaired) electrons. The topological polar surface area (TPSA) is 47.6 Å². The summed E-state index contributed by atoms with van der Waals surface area (Å²) in [7, 11) is 0.516. The van der Waals surface area contributed by atoms with Gasteiger partial charge in [-0.15, -0.1) is 0 Å². The van der Waals surface area contributed by atoms with E-state index in [2.05, 4.69) is 10.1 Å². The predicted molar refractivity (Wildman–Crippen MR) is 74.9 cm³/mol. The first-order chi connectivity index (χ1) is 9.42. The highest BCUT2D eigenvalue weighted by Crippen LogP contribution is 2.29. The van der Waals surface area contributed by atoms with Crippen molar-refractivity contribution in [1.82, 2.24) is 5.32 Å². The molecule has 114 valence electrons. The third-order valence-electron chi connectivity index (χ3n) is 2.58. The lowest BCUT2D eigenvalue weighted by molar-refractivity contribution is -0.0512. The summed E-state index contributed by atoms with van der Waals surface area (Å²) >= 11 is 0. The smallest absolute Gasteiger partial charge is 0.387 e. The third kappa shape index (κ3) is 5.83. The van der Waals surface area contributed by atoms with E-state index in [1.54, 1.807) is 18.4 Å². The van der Waals surface area contributed by atoms with Crippen LogP contribution >= 0.6 is 0 Å². The summed E-state index contributed by atoms with van der Waals surface area (Å²) in [4.78, 5) is 0. The molecular formula is C13H19F2NO3S. The van der Waals surface area contributed by atoms with E-state index in [9.17, 15) is 13.0 Å². The number of benzene rings is 1. The van der Waals surface area contributed by atoms with Crippen molar-refractivity contribution in [1.29, 1.82) is 0 Å². The molecule has 1 rings (SSSR count). The van der Waals surface area contributed by atoms with Gasteiger partial charge in [0.1, 0.15) is 0 Å². The molecule has 4 nitrogen and oxygen atoms in total. The van der Waals surface area contributed by atoms with Gasteiger partial charge in [-0.25, -0.2) is 0 Å². The number of rotatable bonds is 8. The normalized spacial score (nSPS) is 14.1. The molecule has 7 heteroatoms. The van der Waals surface area contributed by atoms with E-state index in [1.807, 2.05) is 6.92 Å². The van der Waals surface area contributed by atoms with Crippen LogP contribution in [0.4, 0.5) is 8.78 Å². The van der Waals surface area contributed by atoms with Gasteiger partial charge in [-0.3, -0.25) is 4.21 Å². The lowest BCUT2D eigenvalue weighted by Gasteiger charge is -2.14. The largest absolute Gasteiger partial charge is 0.493 e. The number of alkyl halides is 2. The van der Waals surface area contributed by atoms with Crippen LogP contribution < -0.4 is 14.8 Å². The Kier molecular flexibility index (Phi) is 6.87. The number of ether oxygens (including phenoxy) is 2. The number of halogens is 2. The van der Waals surface area contributed by atoms with Gasteiger partial charge in [0.15, 0.2) is 11.5 Å². The lowest BCUT2D eigenvalue weighted by atomic mass is 10.2. The Morgan fingerprint density at radius 3 is 2.60 bits per heavy atom. The van der Waals surface area contributed by atoms with Gasteiger partial charge in [-0.1, -0.05) is 6.07 Å². The Morgan fingerprint density at radius 1 is 1.35 bits per heavy atom. The van der Waals surface area contributed by atoms with Crippen LogP contribution in [0.5, 0.6) is 11.5 Å². The average Bonchev–Trinajstić information content (AvgIpc) is 2.35. The summed E-state index contributed by atoms with van der Waals surface area (Å²) in [6, 6.07) is 4.92. The zero-order chi connectivity index (χ0) is 15.1. The van der Waals surface area contributed by atoms with Crippen molar-refractivity contribution in [2.45, 2.75) is 26.1 Å². The first-order valence-electron chi connectivity index (χ1n) is 6.07. The van der Waals surface area contributed by atoms with Crippen LogP contribution in [0.3, 0.4) is 0 Å². The fourth-order valence-corrected chi connectivity index (χ4v) is 2.54. The SMILES string of the molecule is COc1ccc(CNC(C)CS(C)=O)cc1OC(F)F. The Morgan fingerprint density at radius 2 is 2.05 bits per heavy atom. The molecule has 2 unspecified atom stereocenters. The molecule has 0 aliphatic carbocycles. The van der Waals surface area contributed by atoms with E-state index in [-0.39, 0.29) is 17.5 Å². The molecule has 1 N–H and O–H groups in total. The Labute approximate surface area is 119 Å². The number of methoxy groups -OCH3 is 1. The van der Waals surface area contributed by atoms with Crippen molar-refractivity contribution >= 4 is 10.8 Å². The van der Waals surface area contributed by atoms with E-state index in [1.165, 1.54) is 13.2 Å². The molecule has 0 heterocycles. The molecule has 2 atom stereocenters. The molecule has 1 aromatic carbocycles. The van der Waals surface area contributed by atoms with Gasteiger partial charge in [-0.05, 0) is 24.6 Å². The standard InChI is InChI=1S/C13H19F2NO3S/c1-9(8-20(3)17)16-7-10-4-5-11(18-2)12(6-10)19-13(14)15/h4-6,9,13,16H,7-8H2,1-3H3. The van der Waals surface area contributed by atoms with Crippen molar-refractivity contribution < 1.29 is 22.5 Å². The second kappa shape index (κ2) is 8.16. The van der Waals surface area contributed by atoms with Gasteiger partial charge < -0.3 is 14.8 Å². The highest BCUT2D eigenvalue weighted by Gasteiger charge is 2.12. The second-order valence-corrected chi connectivity index (χ2v) is 5.87. The molecular weight excluding hydrogens is 288 g/mol. The molecule has 0 saturated heterocycles. The van der Waals surface area contributed by atoms with Gasteiger partial charge in [-0.2, -0.15) is 8.78 Å². The Bertz CT molecular complexity index is 457. The Hall–Kier alpha value is -1.21. The molecule has 0 aliphatic rings. The maximum absolute atomic E-state index is 12.3. The molecule has 0 spiro atoms. The van der Waals surface area contributed by atoms with Crippen LogP contribution in [-0.2, 0) is 17.3 Å². The number of nitrogens with one attached hydrogen (secondary N) is 1. The number of hydrogen-bond acceptors (Lipinski definition) is 4. The van der Waals surface area contributed by atoms with Gasteiger partial charge in [0.05, 0.1) is 7.11 Å². The molecule has 0 saturated carbocycles. The van der Waals surface area contributed by atoms with Crippen molar-refractivity contribution in [3.63, 3.8) is 0 Å². The summed E-state index contributed by atoms with van der Waals surface area (Å²) in [6.07, 6.45) is 1.64. The monoisotopic (exact) mass is 307 g/mol. The van der Waals surface area contributed by atoms with Crippen LogP contribution in [0.2, 0.25) is 0 Å². The van der Waals surface area contributed by atoms with E-state index in [4.69, 9.17) is 4.74 Å². The van der Waals surface area contributed by atoms with Crippen molar-refractivity contribution in [2.24, 2.45) is 0 Å². The molecule has 0 fully saturated rings. The van der Waals surface area contributed by atoms with E-state index in [0.717, 1.165) is 5.56 Å². The number of hydrogen-bond donors (Lipinski definition) is 1. The minimum Gasteiger partial charge on any atom is -0.493 e. The lowest BCUT2D eigenvalue weighted by Crippen LogP contribution is -2.30. The molecule has 0 aromatic heterocycles. The molecule has 0 amide bonds. The van der Waals surface area contributed by atoms with Crippen LogP contribution in [0, 0.1) is 0 Å². The van der Waals surface area contributed by atoms with Gasteiger partial charge in [0.25, 0.3) is 0 Å². The summed E-state index contributed by atoms with van der Waals surface area (Å²) < 4.78 is 45.0. The average molecular weight is 307 g/mol. The fourth-order valence-electron chi connectivity index (χ4n) is 1.72. The quantitative estimate of drug-likeness (QED) is 0.799. The van der Waals surface area contributed by atoms with E-state index >= 15 is 0 Å². The zero-order valence-corrected chi connectivity index (χ0v) is 12.5. The molecule has 0 bridgehead atoms. The maximum Gasteiger partial charge on any atom is 0.387 e. The van der Waals surface area contributed by atoms with Crippen LogP contribution in [0.15, 0.2) is 18.2 Å². The first kappa shape index (κ1) is 16.8. The summed E-state index contributed by atoms with van der Waals surface area (Å²) in [5, 5.41) is 3.17. The highest BCUT2D eigenvalue weighted by molar-refractivity contribution is 7.84. The van der Waals surface area contributed by atoms with Crippen LogP contribution in [0.25, 0.3) is 0 Å². The molecule has 0 aliphatic heterocycles. The van der Waals surface area contributed by atoms with Crippen molar-refractivity contribution in [3.8, 4) is 11.5 Å². The van der Waals surface area contributed by atoms with E-state index < -0.39 is 17.4 Å². The Balaban J connectivity index is 2.69. The third-order valence-corrected chi connectivity index (χ3v) is 3.55. The fraction of sp³-hybridized carbons (Fsp3) is 0.538. The summed E-state index contributed by atoms with van der Waals surface area (Å²) in [6.45, 7) is -0.503. The zero-order valence-electron chi connectivity index (χ0n) is 11.7. The molecule has 20 heavy (non-hydrogen) atoms. The van der Waals surface area contributed by atoms with Crippen molar-refractivity contribution in [3.05, 3.63) is 23.8 Å². The predicted octanol–water partition coefficient (Wildman–Crippen LogP) is 2.15. The van der Waals surface area contributed by atoms with Gasteiger partial charge in [0, 0.05) is 35.4 Å². The second-order valence-electron chi connectivity index (χ2n) is 4.39. The first-order valence-corrected chi connectivity index (χ1v) is 7.80. The van der Waals surface area contributed by atoms with Gasteiger partial charge >= 0.3 is 6.61 Å². The van der Waals surface area contributed by atoms with E-state index in [0.29, 0.717) is 12.3 Å². The summed E-state index contributed by atoms with van der Waals surface area (Å²) in [5.74, 6) is 0.807. The minimum atomic E-state index is -2.89. The highest BCUT2D eigenvalue weighted by atomic mass is 32.2. The maximum atomic E-state index is 12.3. The summed E-state index contributed by atoms with van der Waals surface area (Å²) in [5.41, 5.74) is 0.787. The van der Waals surface area contributed by atoms with Crippen LogP contribution in [-0.4, -0.2) is 36.0 Å².